The van der Waals surface area contributed by atoms with Crippen LogP contribution in [-0.2, 0) is 0 Å². The van der Waals surface area contributed by atoms with Crippen molar-refractivity contribution in [3.8, 4) is 5.75 Å². The van der Waals surface area contributed by atoms with Gasteiger partial charge in [0, 0.05) is 12.1 Å². The molecule has 2 nitrogen and oxygen atoms in total. The average molecular weight is 233 g/mol. The Hall–Kier alpha value is -1.02. The first-order valence-corrected chi connectivity index (χ1v) is 6.63. The highest BCUT2D eigenvalue weighted by Crippen LogP contribution is 2.32. The minimum Gasteiger partial charge on any atom is -0.508 e. The molecule has 1 saturated carbocycles. The molecule has 1 aliphatic carbocycles. The summed E-state index contributed by atoms with van der Waals surface area (Å²) in [4.78, 5) is 0. The first kappa shape index (κ1) is 12.4. The molecule has 0 amide bonds. The Morgan fingerprint density at radius 3 is 2.35 bits per heavy atom. The maximum Gasteiger partial charge on any atom is 0.115 e. The minimum absolute atomic E-state index is 0.337. The second-order valence-electron chi connectivity index (χ2n) is 5.50. The topological polar surface area (TPSA) is 32.3 Å². The van der Waals surface area contributed by atoms with Crippen LogP contribution in [0.4, 0.5) is 0 Å². The molecule has 4 atom stereocenters. The highest BCUT2D eigenvalue weighted by atomic mass is 16.3. The van der Waals surface area contributed by atoms with E-state index in [-0.39, 0.29) is 0 Å². The zero-order valence-electron chi connectivity index (χ0n) is 11.0. The lowest BCUT2D eigenvalue weighted by Crippen LogP contribution is -2.34. The standard InChI is InChI=1S/C15H23NO/c1-10-4-9-15(11(10)2)16-12(3)13-5-7-14(17)8-6-13/h5-8,10-12,15-17H,4,9H2,1-3H3. The third kappa shape index (κ3) is 2.81. The molecule has 0 aromatic heterocycles. The summed E-state index contributed by atoms with van der Waals surface area (Å²) in [5, 5.41) is 13.0. The Balaban J connectivity index is 1.97. The molecule has 1 aromatic carbocycles. The molecule has 1 aliphatic rings. The number of hydrogen-bond donors (Lipinski definition) is 2. The predicted octanol–water partition coefficient (Wildman–Crippen LogP) is 3.48. The molecule has 0 bridgehead atoms. The molecule has 0 aliphatic heterocycles. The quantitative estimate of drug-likeness (QED) is 0.837. The van der Waals surface area contributed by atoms with Gasteiger partial charge in [-0.2, -0.15) is 0 Å². The summed E-state index contributed by atoms with van der Waals surface area (Å²) in [6, 6.07) is 8.50. The normalized spacial score (nSPS) is 30.4. The van der Waals surface area contributed by atoms with Crippen molar-refractivity contribution in [2.45, 2.75) is 45.7 Å². The number of aromatic hydroxyl groups is 1. The van der Waals surface area contributed by atoms with Crippen molar-refractivity contribution in [3.63, 3.8) is 0 Å². The maximum atomic E-state index is 9.28. The van der Waals surface area contributed by atoms with E-state index < -0.39 is 0 Å². The predicted molar refractivity (Wildman–Crippen MR) is 71.0 cm³/mol. The van der Waals surface area contributed by atoms with Gasteiger partial charge in [-0.15, -0.1) is 0 Å². The fourth-order valence-corrected chi connectivity index (χ4v) is 2.78. The Bertz CT molecular complexity index is 360. The molecule has 2 N–H and O–H groups in total. The average Bonchev–Trinajstić information content (AvgIpc) is 2.62. The van der Waals surface area contributed by atoms with E-state index in [2.05, 4.69) is 26.1 Å². The van der Waals surface area contributed by atoms with Crippen LogP contribution in [0.3, 0.4) is 0 Å². The van der Waals surface area contributed by atoms with Crippen molar-refractivity contribution < 1.29 is 5.11 Å². The molecule has 1 aromatic rings. The van der Waals surface area contributed by atoms with E-state index in [0.717, 1.165) is 11.8 Å². The van der Waals surface area contributed by atoms with Gasteiger partial charge in [0.15, 0.2) is 0 Å². The molecule has 2 rings (SSSR count). The number of nitrogens with one attached hydrogen (secondary N) is 1. The molecule has 0 radical (unpaired) electrons. The van der Waals surface area contributed by atoms with E-state index in [1.807, 2.05) is 12.1 Å². The Morgan fingerprint density at radius 1 is 1.18 bits per heavy atom. The molecular weight excluding hydrogens is 210 g/mol. The number of rotatable bonds is 3. The molecule has 0 spiro atoms. The number of phenols is 1. The zero-order chi connectivity index (χ0) is 12.4. The van der Waals surface area contributed by atoms with Gasteiger partial charge in [-0.1, -0.05) is 26.0 Å². The van der Waals surface area contributed by atoms with Gasteiger partial charge in [0.2, 0.25) is 0 Å². The van der Waals surface area contributed by atoms with E-state index in [0.29, 0.717) is 17.8 Å². The second kappa shape index (κ2) is 5.09. The van der Waals surface area contributed by atoms with Gasteiger partial charge >= 0.3 is 0 Å². The lowest BCUT2D eigenvalue weighted by molar-refractivity contribution is 0.347. The van der Waals surface area contributed by atoms with Crippen LogP contribution < -0.4 is 5.32 Å². The molecule has 94 valence electrons. The highest BCUT2D eigenvalue weighted by molar-refractivity contribution is 5.27. The van der Waals surface area contributed by atoms with Crippen LogP contribution in [0.1, 0.15) is 45.2 Å². The van der Waals surface area contributed by atoms with E-state index in [9.17, 15) is 5.11 Å². The second-order valence-corrected chi connectivity index (χ2v) is 5.50. The van der Waals surface area contributed by atoms with Gasteiger partial charge in [0.1, 0.15) is 5.75 Å². The van der Waals surface area contributed by atoms with Gasteiger partial charge in [-0.25, -0.2) is 0 Å². The fraction of sp³-hybridized carbons (Fsp3) is 0.600. The molecule has 4 unspecified atom stereocenters. The summed E-state index contributed by atoms with van der Waals surface area (Å²) in [5.41, 5.74) is 1.24. The van der Waals surface area contributed by atoms with Crippen molar-refractivity contribution in [3.05, 3.63) is 29.8 Å². The zero-order valence-corrected chi connectivity index (χ0v) is 11.0. The van der Waals surface area contributed by atoms with E-state index in [1.54, 1.807) is 12.1 Å². The van der Waals surface area contributed by atoms with Gasteiger partial charge in [0.25, 0.3) is 0 Å². The summed E-state index contributed by atoms with van der Waals surface area (Å²) in [5.74, 6) is 1.93. The molecule has 1 fully saturated rings. The molecular formula is C15H23NO. The van der Waals surface area contributed by atoms with Crippen molar-refractivity contribution in [1.82, 2.24) is 5.32 Å². The van der Waals surface area contributed by atoms with Crippen molar-refractivity contribution in [2.75, 3.05) is 0 Å². The molecule has 0 saturated heterocycles. The SMILES string of the molecule is CC(NC1CCC(C)C1C)c1ccc(O)cc1. The summed E-state index contributed by atoms with van der Waals surface area (Å²) in [7, 11) is 0. The van der Waals surface area contributed by atoms with Gasteiger partial charge < -0.3 is 10.4 Å². The first-order chi connectivity index (χ1) is 8.08. The third-order valence-electron chi connectivity index (χ3n) is 4.32. The van der Waals surface area contributed by atoms with E-state index in [4.69, 9.17) is 0 Å². The molecule has 17 heavy (non-hydrogen) atoms. The Labute approximate surface area is 104 Å². The van der Waals surface area contributed by atoms with E-state index >= 15 is 0 Å². The Kier molecular flexibility index (Phi) is 3.72. The van der Waals surface area contributed by atoms with Gasteiger partial charge in [0.05, 0.1) is 0 Å². The van der Waals surface area contributed by atoms with Crippen molar-refractivity contribution in [2.24, 2.45) is 11.8 Å². The van der Waals surface area contributed by atoms with Gasteiger partial charge in [-0.3, -0.25) is 0 Å². The third-order valence-corrected chi connectivity index (χ3v) is 4.32. The summed E-state index contributed by atoms with van der Waals surface area (Å²) in [6.07, 6.45) is 2.62. The summed E-state index contributed by atoms with van der Waals surface area (Å²) >= 11 is 0. The monoisotopic (exact) mass is 233 g/mol. The fourth-order valence-electron chi connectivity index (χ4n) is 2.78. The Morgan fingerprint density at radius 2 is 1.82 bits per heavy atom. The van der Waals surface area contributed by atoms with Crippen molar-refractivity contribution >= 4 is 0 Å². The maximum absolute atomic E-state index is 9.28. The van der Waals surface area contributed by atoms with Crippen LogP contribution in [0.5, 0.6) is 5.75 Å². The largest absolute Gasteiger partial charge is 0.508 e. The van der Waals surface area contributed by atoms with Crippen LogP contribution >= 0.6 is 0 Å². The molecule has 0 heterocycles. The smallest absolute Gasteiger partial charge is 0.115 e. The highest BCUT2D eigenvalue weighted by Gasteiger charge is 2.30. The summed E-state index contributed by atoms with van der Waals surface area (Å²) < 4.78 is 0. The van der Waals surface area contributed by atoms with Crippen LogP contribution in [-0.4, -0.2) is 11.1 Å². The van der Waals surface area contributed by atoms with Crippen LogP contribution in [0, 0.1) is 11.8 Å². The van der Waals surface area contributed by atoms with Crippen molar-refractivity contribution in [1.29, 1.82) is 0 Å². The van der Waals surface area contributed by atoms with E-state index in [1.165, 1.54) is 18.4 Å². The van der Waals surface area contributed by atoms with Crippen LogP contribution in [0.25, 0.3) is 0 Å². The van der Waals surface area contributed by atoms with Crippen LogP contribution in [0.2, 0.25) is 0 Å². The number of phenolic OH excluding ortho intramolecular Hbond substituents is 1. The summed E-state index contributed by atoms with van der Waals surface area (Å²) in [6.45, 7) is 6.89. The number of hydrogen-bond acceptors (Lipinski definition) is 2. The van der Waals surface area contributed by atoms with Crippen LogP contribution in [0.15, 0.2) is 24.3 Å². The lowest BCUT2D eigenvalue weighted by atomic mass is 9.96. The number of benzene rings is 1. The lowest BCUT2D eigenvalue weighted by Gasteiger charge is -2.24. The minimum atomic E-state index is 0.337. The molecule has 2 heteroatoms. The first-order valence-electron chi connectivity index (χ1n) is 6.63. The van der Waals surface area contributed by atoms with Gasteiger partial charge in [-0.05, 0) is 49.3 Å².